The van der Waals surface area contributed by atoms with Crippen molar-refractivity contribution < 1.29 is 81.3 Å². The number of rotatable bonds is 30. The molecule has 3 amide bonds. The molecule has 7 rings (SSSR count). The summed E-state index contributed by atoms with van der Waals surface area (Å²) in [7, 11) is 0. The van der Waals surface area contributed by atoms with Crippen molar-refractivity contribution in [3.05, 3.63) is 89.0 Å². The summed E-state index contributed by atoms with van der Waals surface area (Å²) in [6.07, 6.45) is -0.611. The van der Waals surface area contributed by atoms with Gasteiger partial charge in [0.05, 0.1) is 83.2 Å². The number of anilines is 1. The summed E-state index contributed by atoms with van der Waals surface area (Å²) < 4.78 is 69.0. The number of thioether (sulfide) groups is 1. The minimum atomic E-state index is -2.34. The van der Waals surface area contributed by atoms with Crippen molar-refractivity contribution in [3.63, 3.8) is 0 Å². The lowest BCUT2D eigenvalue weighted by Gasteiger charge is -2.63. The second-order valence-corrected chi connectivity index (χ2v) is 22.8. The van der Waals surface area contributed by atoms with E-state index in [1.807, 2.05) is 56.3 Å². The van der Waals surface area contributed by atoms with Crippen molar-refractivity contribution in [3.8, 4) is 0 Å². The molecule has 6 N–H and O–H groups in total. The third-order valence-electron chi connectivity index (χ3n) is 16.2. The summed E-state index contributed by atoms with van der Waals surface area (Å²) in [5.41, 5.74) is -3.78. The van der Waals surface area contributed by atoms with Crippen LogP contribution in [-0.2, 0) is 63.6 Å². The molecule has 2 aromatic carbocycles. The van der Waals surface area contributed by atoms with Crippen LogP contribution in [0.1, 0.15) is 95.6 Å². The van der Waals surface area contributed by atoms with Gasteiger partial charge in [-0.15, -0.1) is 11.8 Å². The Morgan fingerprint density at radius 2 is 1.54 bits per heavy atom. The number of aliphatic hydroxyl groups excluding tert-OH is 2. The number of benzene rings is 2. The predicted molar refractivity (Wildman–Crippen MR) is 284 cm³/mol. The van der Waals surface area contributed by atoms with Crippen LogP contribution in [0.4, 0.5) is 14.5 Å². The van der Waals surface area contributed by atoms with E-state index < -0.39 is 93.9 Å². The van der Waals surface area contributed by atoms with Crippen molar-refractivity contribution in [1.82, 2.24) is 10.6 Å². The molecule has 0 bridgehead atoms. The number of alkyl halides is 2. The first-order valence-corrected chi connectivity index (χ1v) is 27.9. The molecule has 78 heavy (non-hydrogen) atoms. The summed E-state index contributed by atoms with van der Waals surface area (Å²) in [5.74, 6) is -4.70. The molecule has 1 aliphatic heterocycles. The predicted octanol–water partition coefficient (Wildman–Crippen LogP) is 5.31. The lowest BCUT2D eigenvalue weighted by molar-refractivity contribution is -0.235. The molecule has 1 saturated heterocycles. The van der Waals surface area contributed by atoms with Crippen LogP contribution in [0, 0.1) is 22.7 Å². The van der Waals surface area contributed by atoms with Gasteiger partial charge >= 0.3 is 5.97 Å². The van der Waals surface area contributed by atoms with E-state index in [1.54, 1.807) is 13.0 Å². The molecule has 2 aromatic rings. The van der Waals surface area contributed by atoms with E-state index in [-0.39, 0.29) is 87.5 Å². The maximum atomic E-state index is 17.8. The molecule has 18 nitrogen and oxygen atoms in total. The molecular weight excluding hydrogens is 1040 g/mol. The number of ether oxygens (including phenoxy) is 6. The third-order valence-corrected chi connectivity index (χ3v) is 17.7. The maximum Gasteiger partial charge on any atom is 0.305 e. The molecule has 0 radical (unpaired) electrons. The Balaban J connectivity index is 0.755. The zero-order chi connectivity index (χ0) is 56.3. The number of carbonyl (C=O) groups excluding carboxylic acids is 5. The average Bonchev–Trinajstić information content (AvgIpc) is 2.81. The topological polar surface area (TPSA) is 255 Å². The number of Topliss-reactive ketones (excluding diaryl/α,β-unsaturated/α-hetero) is 1. The Labute approximate surface area is 458 Å². The number of carbonyl (C=O) groups is 6. The quantitative estimate of drug-likeness (QED) is 0.0542. The highest BCUT2D eigenvalue weighted by Gasteiger charge is 2.80. The summed E-state index contributed by atoms with van der Waals surface area (Å²) >= 11 is 1.31. The van der Waals surface area contributed by atoms with Crippen LogP contribution < -0.4 is 16.0 Å². The fourth-order valence-electron chi connectivity index (χ4n) is 12.2. The van der Waals surface area contributed by atoms with Crippen molar-refractivity contribution in [2.24, 2.45) is 22.7 Å². The monoisotopic (exact) mass is 1110 g/mol. The van der Waals surface area contributed by atoms with Gasteiger partial charge < -0.3 is 59.7 Å². The number of allylic oxidation sites excluding steroid dienone is 4. The number of hydrogen-bond donors (Lipinski definition) is 6. The number of fused-ring (bicyclic) bond motifs is 7. The highest BCUT2D eigenvalue weighted by Crippen LogP contribution is 2.72. The van der Waals surface area contributed by atoms with Gasteiger partial charge in [0.2, 0.25) is 17.7 Å². The van der Waals surface area contributed by atoms with Crippen molar-refractivity contribution in [1.29, 1.82) is 0 Å². The summed E-state index contributed by atoms with van der Waals surface area (Å²) in [6, 6.07) is 14.9. The molecule has 4 fully saturated rings. The maximum absolute atomic E-state index is 17.8. The highest BCUT2D eigenvalue weighted by atomic mass is 32.2. The first-order valence-electron chi connectivity index (χ1n) is 26.9. The second-order valence-electron chi connectivity index (χ2n) is 21.2. The number of carboxylic acids is 1. The van der Waals surface area contributed by atoms with Crippen molar-refractivity contribution >= 4 is 52.7 Å². The number of hydrogen-bond acceptors (Lipinski definition) is 15. The van der Waals surface area contributed by atoms with Crippen LogP contribution in [0.3, 0.4) is 0 Å². The third kappa shape index (κ3) is 13.4. The Hall–Kier alpha value is -4.97. The zero-order valence-electron chi connectivity index (χ0n) is 44.8. The molecule has 0 spiro atoms. The molecule has 4 aliphatic carbocycles. The summed E-state index contributed by atoms with van der Waals surface area (Å²) in [4.78, 5) is 74.6. The number of ketones is 2. The van der Waals surface area contributed by atoms with Gasteiger partial charge in [-0.2, -0.15) is 0 Å². The van der Waals surface area contributed by atoms with Gasteiger partial charge in [0.1, 0.15) is 12.8 Å². The standard InChI is InChI=1S/C57H75F2N3O15S/c1-5-35(2)78-45(32-51(69)70)52(71)61-17-14-49(67)60-18-20-73-22-24-75-26-25-74-23-21-72-19-15-50(68)62-39-8-6-7-37(28-39)27-36-9-11-38(12-10-36)53-76-48-31-41-42-30-44(58)43-29-40(64)13-16-54(43,3)56(42,59)46(65)33-55(41,4)57(48,77-53)47(66)34-63/h6-13,16,28-29,35,41-42,44-46,48,53,63,65H,5,14-15,17-27,30-34H2,1-4H3,(H,60,67)(H,61,71)(H,62,68)(H,69,70)/t35?,41?,42-,44-,45?,46-,48+,53+,54-,55-,56-,57+/m0/s1. The van der Waals surface area contributed by atoms with Crippen LogP contribution in [0.2, 0.25) is 0 Å². The van der Waals surface area contributed by atoms with E-state index in [0.29, 0.717) is 57.3 Å². The van der Waals surface area contributed by atoms with Gasteiger partial charge in [0.15, 0.2) is 29.1 Å². The lowest BCUT2D eigenvalue weighted by Crippen LogP contribution is -2.70. The van der Waals surface area contributed by atoms with Gasteiger partial charge in [-0.3, -0.25) is 28.8 Å². The molecule has 5 aliphatic rings. The fourth-order valence-corrected chi connectivity index (χ4v) is 13.4. The average molecular weight is 1110 g/mol. The lowest BCUT2D eigenvalue weighted by atomic mass is 9.44. The van der Waals surface area contributed by atoms with E-state index in [1.165, 1.54) is 30.8 Å². The van der Waals surface area contributed by atoms with Crippen LogP contribution in [0.15, 0.2) is 72.3 Å². The van der Waals surface area contributed by atoms with E-state index in [4.69, 9.17) is 33.5 Å². The SMILES string of the molecule is CCC(C)SC(CC(=O)O)C(=O)NCCC(=O)NCCOCCOCCOCCOCCC(=O)Nc1cccc(Cc2ccc([C@@H]3O[C@@H]4CC5[C@@H]6C[C@H](F)C7=CC(=O)C=C[C@]7(C)[C@@]6(F)[C@@H](O)C[C@]5(C)[C@]4(C(=O)CO)O3)cc2)c1. The molecule has 21 heteroatoms. The number of aliphatic hydroxyl groups is 2. The zero-order valence-corrected chi connectivity index (χ0v) is 45.6. The smallest absolute Gasteiger partial charge is 0.305 e. The minimum Gasteiger partial charge on any atom is -0.481 e. The highest BCUT2D eigenvalue weighted by molar-refractivity contribution is 8.01. The van der Waals surface area contributed by atoms with Gasteiger partial charge in [-0.05, 0) is 85.9 Å². The van der Waals surface area contributed by atoms with Crippen molar-refractivity contribution in [2.45, 2.75) is 126 Å². The van der Waals surface area contributed by atoms with Crippen molar-refractivity contribution in [2.75, 3.05) is 77.9 Å². The minimum absolute atomic E-state index is 0.00865. The Morgan fingerprint density at radius 1 is 0.859 bits per heavy atom. The second kappa shape index (κ2) is 27.0. The normalized spacial score (nSPS) is 29.5. The Kier molecular flexibility index (Phi) is 21.0. The first-order chi connectivity index (χ1) is 37.3. The van der Waals surface area contributed by atoms with Crippen LogP contribution in [0.25, 0.3) is 0 Å². The van der Waals surface area contributed by atoms with E-state index >= 15 is 8.78 Å². The largest absolute Gasteiger partial charge is 0.481 e. The number of carboxylic acid groups (broad SMARTS) is 1. The van der Waals surface area contributed by atoms with Gasteiger partial charge in [0, 0.05) is 52.8 Å². The van der Waals surface area contributed by atoms with Crippen LogP contribution in [-0.4, -0.2) is 163 Å². The van der Waals surface area contributed by atoms with Crippen LogP contribution in [0.5, 0.6) is 0 Å². The number of amides is 3. The van der Waals surface area contributed by atoms with Gasteiger partial charge in [0.25, 0.3) is 0 Å². The van der Waals surface area contributed by atoms with E-state index in [0.717, 1.165) is 23.6 Å². The molecule has 1 heterocycles. The number of halogens is 2. The fraction of sp³-hybridized carbons (Fsp3) is 0.614. The molecule has 428 valence electrons. The number of nitrogens with one attached hydrogen (secondary N) is 3. The van der Waals surface area contributed by atoms with Gasteiger partial charge in [-0.1, -0.05) is 63.2 Å². The van der Waals surface area contributed by atoms with Gasteiger partial charge in [-0.25, -0.2) is 8.78 Å². The molecule has 12 atom stereocenters. The molecular formula is C57H75F2N3O15S. The first kappa shape index (κ1) is 60.7. The molecule has 3 unspecified atom stereocenters. The summed E-state index contributed by atoms with van der Waals surface area (Å²) in [6.45, 7) is 9.11. The van der Waals surface area contributed by atoms with E-state index in [9.17, 15) is 39.0 Å². The summed E-state index contributed by atoms with van der Waals surface area (Å²) in [5, 5.41) is 39.0. The molecule has 0 aromatic heterocycles. The Morgan fingerprint density at radius 3 is 2.21 bits per heavy atom. The Bertz CT molecular complexity index is 2520. The molecule has 3 saturated carbocycles. The van der Waals surface area contributed by atoms with Crippen LogP contribution >= 0.6 is 11.8 Å². The number of aliphatic carboxylic acids is 1. The van der Waals surface area contributed by atoms with E-state index in [2.05, 4.69) is 16.0 Å².